The van der Waals surface area contributed by atoms with E-state index in [0.29, 0.717) is 17.2 Å². The minimum atomic E-state index is 0.295. The molecule has 0 aromatic carbocycles. The molecule has 2 aliphatic rings. The number of piperidine rings is 1. The number of carbonyl (C=O) groups is 1. The van der Waals surface area contributed by atoms with Gasteiger partial charge in [0.1, 0.15) is 0 Å². The number of unbranched alkanes of at least 4 members (excludes halogenated alkanes) is 2. The molecule has 2 N–H and O–H groups in total. The maximum atomic E-state index is 12.0. The van der Waals surface area contributed by atoms with Gasteiger partial charge < -0.3 is 15.4 Å². The van der Waals surface area contributed by atoms with Gasteiger partial charge >= 0.3 is 0 Å². The third-order valence-electron chi connectivity index (χ3n) is 4.43. The summed E-state index contributed by atoms with van der Waals surface area (Å²) in [6.45, 7) is 3.82. The van der Waals surface area contributed by atoms with Crippen LogP contribution in [0.1, 0.15) is 38.5 Å². The standard InChI is InChI=1S/C14H26N2O2/c1-18-10-4-2-3-7-16-13(17)12-11-14(12)5-8-15-9-6-14/h12,15H,2-11H2,1H3,(H,16,17). The highest BCUT2D eigenvalue weighted by Crippen LogP contribution is 2.58. The Bertz CT molecular complexity index is 275. The Balaban J connectivity index is 1.56. The van der Waals surface area contributed by atoms with Crippen LogP contribution < -0.4 is 10.6 Å². The molecule has 1 spiro atoms. The summed E-state index contributed by atoms with van der Waals surface area (Å²) in [5, 5.41) is 6.46. The fourth-order valence-electron chi connectivity index (χ4n) is 3.08. The van der Waals surface area contributed by atoms with Gasteiger partial charge in [0.15, 0.2) is 0 Å². The lowest BCUT2D eigenvalue weighted by Crippen LogP contribution is -2.34. The van der Waals surface area contributed by atoms with Crippen molar-refractivity contribution in [1.82, 2.24) is 10.6 Å². The van der Waals surface area contributed by atoms with E-state index in [1.165, 1.54) is 12.8 Å². The zero-order valence-electron chi connectivity index (χ0n) is 11.5. The zero-order valence-corrected chi connectivity index (χ0v) is 11.5. The first-order chi connectivity index (χ1) is 8.78. The highest BCUT2D eigenvalue weighted by Gasteiger charge is 2.57. The van der Waals surface area contributed by atoms with Gasteiger partial charge in [-0.2, -0.15) is 0 Å². The molecule has 4 nitrogen and oxygen atoms in total. The molecule has 18 heavy (non-hydrogen) atoms. The number of hydrogen-bond donors (Lipinski definition) is 2. The number of carbonyl (C=O) groups excluding carboxylic acids is 1. The van der Waals surface area contributed by atoms with Crippen LogP contribution in [0.25, 0.3) is 0 Å². The minimum absolute atomic E-state index is 0.295. The third-order valence-corrected chi connectivity index (χ3v) is 4.43. The molecule has 0 radical (unpaired) electrons. The molecule has 1 aliphatic carbocycles. The van der Waals surface area contributed by atoms with Crippen LogP contribution >= 0.6 is 0 Å². The van der Waals surface area contributed by atoms with Crippen LogP contribution in [0, 0.1) is 11.3 Å². The van der Waals surface area contributed by atoms with E-state index in [2.05, 4.69) is 10.6 Å². The summed E-state index contributed by atoms with van der Waals surface area (Å²) >= 11 is 0. The quantitative estimate of drug-likeness (QED) is 0.674. The van der Waals surface area contributed by atoms with Crippen molar-refractivity contribution in [3.63, 3.8) is 0 Å². The fourth-order valence-corrected chi connectivity index (χ4v) is 3.08. The maximum absolute atomic E-state index is 12.0. The van der Waals surface area contributed by atoms with Crippen molar-refractivity contribution in [1.29, 1.82) is 0 Å². The van der Waals surface area contributed by atoms with E-state index in [0.717, 1.165) is 51.9 Å². The summed E-state index contributed by atoms with van der Waals surface area (Å²) in [6, 6.07) is 0. The van der Waals surface area contributed by atoms with E-state index in [1.807, 2.05) is 0 Å². The van der Waals surface area contributed by atoms with Crippen molar-refractivity contribution in [3.05, 3.63) is 0 Å². The summed E-state index contributed by atoms with van der Waals surface area (Å²) in [5.41, 5.74) is 0.366. The molecule has 0 aromatic heterocycles. The molecule has 2 fully saturated rings. The molecule has 1 aliphatic heterocycles. The first kappa shape index (κ1) is 13.8. The number of methoxy groups -OCH3 is 1. The average Bonchev–Trinajstić information content (AvgIpc) is 3.08. The summed E-state index contributed by atoms with van der Waals surface area (Å²) in [5.74, 6) is 0.599. The second-order valence-corrected chi connectivity index (χ2v) is 5.71. The third kappa shape index (κ3) is 3.45. The van der Waals surface area contributed by atoms with E-state index in [4.69, 9.17) is 4.74 Å². The fraction of sp³-hybridized carbons (Fsp3) is 0.929. The smallest absolute Gasteiger partial charge is 0.223 e. The first-order valence-electron chi connectivity index (χ1n) is 7.26. The number of ether oxygens (including phenoxy) is 1. The van der Waals surface area contributed by atoms with E-state index in [9.17, 15) is 4.79 Å². The van der Waals surface area contributed by atoms with Gasteiger partial charge in [-0.3, -0.25) is 4.79 Å². The molecule has 1 atom stereocenters. The van der Waals surface area contributed by atoms with Crippen molar-refractivity contribution in [3.8, 4) is 0 Å². The second-order valence-electron chi connectivity index (χ2n) is 5.71. The van der Waals surface area contributed by atoms with Gasteiger partial charge in [-0.25, -0.2) is 0 Å². The van der Waals surface area contributed by atoms with Crippen LogP contribution in [0.4, 0.5) is 0 Å². The van der Waals surface area contributed by atoms with Crippen molar-refractivity contribution < 1.29 is 9.53 Å². The summed E-state index contributed by atoms with van der Waals surface area (Å²) < 4.78 is 5.00. The lowest BCUT2D eigenvalue weighted by atomic mass is 9.92. The highest BCUT2D eigenvalue weighted by molar-refractivity contribution is 5.82. The molecule has 1 amide bonds. The Kier molecular flexibility index (Phi) is 5.01. The van der Waals surface area contributed by atoms with Crippen LogP contribution in [-0.4, -0.2) is 39.3 Å². The highest BCUT2D eigenvalue weighted by atomic mass is 16.5. The van der Waals surface area contributed by atoms with Crippen LogP contribution in [0.5, 0.6) is 0 Å². The van der Waals surface area contributed by atoms with Gasteiger partial charge in [0, 0.05) is 26.2 Å². The van der Waals surface area contributed by atoms with Crippen molar-refractivity contribution in [2.24, 2.45) is 11.3 Å². The first-order valence-corrected chi connectivity index (χ1v) is 7.26. The van der Waals surface area contributed by atoms with Crippen LogP contribution in [0.2, 0.25) is 0 Å². The van der Waals surface area contributed by atoms with Crippen LogP contribution in [-0.2, 0) is 9.53 Å². The molecular formula is C14H26N2O2. The Labute approximate surface area is 110 Å². The van der Waals surface area contributed by atoms with Gasteiger partial charge in [-0.05, 0) is 57.0 Å². The average molecular weight is 254 g/mol. The van der Waals surface area contributed by atoms with Crippen molar-refractivity contribution in [2.75, 3.05) is 33.4 Å². The summed E-state index contributed by atoms with van der Waals surface area (Å²) in [6.07, 6.45) is 6.76. The lowest BCUT2D eigenvalue weighted by Gasteiger charge is -2.23. The molecule has 1 unspecified atom stereocenters. The Morgan fingerprint density at radius 2 is 2.11 bits per heavy atom. The van der Waals surface area contributed by atoms with Crippen LogP contribution in [0.15, 0.2) is 0 Å². The molecule has 2 rings (SSSR count). The molecule has 1 saturated carbocycles. The van der Waals surface area contributed by atoms with Crippen LogP contribution in [0.3, 0.4) is 0 Å². The Morgan fingerprint density at radius 1 is 1.33 bits per heavy atom. The van der Waals surface area contributed by atoms with E-state index >= 15 is 0 Å². The van der Waals surface area contributed by atoms with Gasteiger partial charge in [-0.1, -0.05) is 0 Å². The van der Waals surface area contributed by atoms with Gasteiger partial charge in [0.25, 0.3) is 0 Å². The Morgan fingerprint density at radius 3 is 2.83 bits per heavy atom. The largest absolute Gasteiger partial charge is 0.385 e. The number of rotatable bonds is 7. The summed E-state index contributed by atoms with van der Waals surface area (Å²) in [7, 11) is 1.73. The maximum Gasteiger partial charge on any atom is 0.223 e. The number of nitrogens with one attached hydrogen (secondary N) is 2. The second kappa shape index (κ2) is 6.53. The molecular weight excluding hydrogens is 228 g/mol. The monoisotopic (exact) mass is 254 g/mol. The molecule has 0 bridgehead atoms. The van der Waals surface area contributed by atoms with E-state index < -0.39 is 0 Å². The number of hydrogen-bond acceptors (Lipinski definition) is 3. The van der Waals surface area contributed by atoms with Gasteiger partial charge in [0.2, 0.25) is 5.91 Å². The molecule has 104 valence electrons. The van der Waals surface area contributed by atoms with Gasteiger partial charge in [-0.15, -0.1) is 0 Å². The van der Waals surface area contributed by atoms with Crippen molar-refractivity contribution in [2.45, 2.75) is 38.5 Å². The molecule has 0 aromatic rings. The Hall–Kier alpha value is -0.610. The van der Waals surface area contributed by atoms with Crippen molar-refractivity contribution >= 4 is 5.91 Å². The summed E-state index contributed by atoms with van der Waals surface area (Å²) in [4.78, 5) is 12.0. The zero-order chi connectivity index (χ0) is 12.8. The lowest BCUT2D eigenvalue weighted by molar-refractivity contribution is -0.123. The molecule has 1 heterocycles. The normalized spacial score (nSPS) is 25.1. The van der Waals surface area contributed by atoms with E-state index in [1.54, 1.807) is 7.11 Å². The SMILES string of the molecule is COCCCCCNC(=O)C1CC12CCNCC2. The topological polar surface area (TPSA) is 50.4 Å². The van der Waals surface area contributed by atoms with E-state index in [-0.39, 0.29) is 0 Å². The molecule has 1 saturated heterocycles. The molecule has 4 heteroatoms. The van der Waals surface area contributed by atoms with Gasteiger partial charge in [0.05, 0.1) is 0 Å². The predicted molar refractivity (Wildman–Crippen MR) is 71.4 cm³/mol. The predicted octanol–water partition coefficient (Wildman–Crippen LogP) is 1.31. The number of amides is 1. The minimum Gasteiger partial charge on any atom is -0.385 e.